The lowest BCUT2D eigenvalue weighted by atomic mass is 10.5. The maximum Gasteiger partial charge on any atom is 0.0594 e. The van der Waals surface area contributed by atoms with Gasteiger partial charge < -0.3 is 15.0 Å². The van der Waals surface area contributed by atoms with Gasteiger partial charge in [-0.25, -0.2) is 0 Å². The number of isocyanates is 1. The Morgan fingerprint density at radius 1 is 1.50 bits per heavy atom. The first-order valence-corrected chi connectivity index (χ1v) is 3.08. The van der Waals surface area contributed by atoms with Gasteiger partial charge in [0.25, 0.3) is 0 Å². The average molecular weight is 143 g/mol. The van der Waals surface area contributed by atoms with E-state index in [4.69, 9.17) is 14.9 Å². The Bertz CT molecular complexity index is 104. The van der Waals surface area contributed by atoms with Gasteiger partial charge in [-0.1, -0.05) is 0 Å². The Morgan fingerprint density at radius 2 is 1.90 bits per heavy atom. The standard InChI is InChI=1S/C5H11NO.CNO/c1-6-2-4-7-5-3-6;2-1-3/h2-5H2,1H3;/q;-1. The Morgan fingerprint density at radius 3 is 2.10 bits per heavy atom. The molecule has 0 atom stereocenters. The van der Waals surface area contributed by atoms with E-state index >= 15 is 0 Å². The lowest BCUT2D eigenvalue weighted by Crippen LogP contribution is -2.32. The van der Waals surface area contributed by atoms with Crippen LogP contribution in [0.25, 0.3) is 5.41 Å². The van der Waals surface area contributed by atoms with Crippen molar-refractivity contribution in [1.82, 2.24) is 4.90 Å². The van der Waals surface area contributed by atoms with Crippen molar-refractivity contribution < 1.29 is 9.53 Å². The fourth-order valence-corrected chi connectivity index (χ4v) is 0.655. The van der Waals surface area contributed by atoms with Gasteiger partial charge >= 0.3 is 0 Å². The second-order valence-electron chi connectivity index (χ2n) is 2.01. The highest BCUT2D eigenvalue weighted by Gasteiger charge is 2.02. The second-order valence-corrected chi connectivity index (χ2v) is 2.01. The van der Waals surface area contributed by atoms with Crippen LogP contribution in [0.3, 0.4) is 0 Å². The van der Waals surface area contributed by atoms with Gasteiger partial charge in [-0.3, -0.25) is 4.79 Å². The Balaban J connectivity index is 0.000000236. The minimum Gasteiger partial charge on any atom is -0.724 e. The number of nitrogens with zero attached hydrogens (tertiary/aromatic N) is 2. The summed E-state index contributed by atoms with van der Waals surface area (Å²) < 4.78 is 5.10. The lowest BCUT2D eigenvalue weighted by Gasteiger charge is -2.21. The SMILES string of the molecule is CN1CCOCC1.[N-]=C=O. The van der Waals surface area contributed by atoms with Crippen LogP contribution in [0.2, 0.25) is 0 Å². The zero-order chi connectivity index (χ0) is 7.82. The van der Waals surface area contributed by atoms with Crippen LogP contribution in [-0.4, -0.2) is 44.3 Å². The molecule has 10 heavy (non-hydrogen) atoms. The molecular formula is C6H11N2O2-. The van der Waals surface area contributed by atoms with E-state index in [2.05, 4.69) is 11.9 Å². The van der Waals surface area contributed by atoms with E-state index in [1.807, 2.05) is 0 Å². The van der Waals surface area contributed by atoms with Gasteiger partial charge in [0.05, 0.1) is 13.2 Å². The van der Waals surface area contributed by atoms with Gasteiger partial charge in [0.2, 0.25) is 0 Å². The summed E-state index contributed by atoms with van der Waals surface area (Å²) in [5.41, 5.74) is 0. The zero-order valence-electron chi connectivity index (χ0n) is 6.04. The zero-order valence-corrected chi connectivity index (χ0v) is 6.04. The molecule has 0 aromatic heterocycles. The number of hydrogen-bond acceptors (Lipinski definition) is 3. The predicted molar refractivity (Wildman–Crippen MR) is 37.4 cm³/mol. The molecule has 1 heterocycles. The molecule has 4 nitrogen and oxygen atoms in total. The highest BCUT2D eigenvalue weighted by Crippen LogP contribution is 1.89. The number of carbonyl (C=O) groups excluding carboxylic acids is 1. The van der Waals surface area contributed by atoms with E-state index in [-0.39, 0.29) is 0 Å². The van der Waals surface area contributed by atoms with Crippen molar-refractivity contribution in [2.45, 2.75) is 0 Å². The summed E-state index contributed by atoms with van der Waals surface area (Å²) in [6, 6.07) is 0. The van der Waals surface area contributed by atoms with E-state index in [0.717, 1.165) is 26.3 Å². The number of ether oxygens (including phenoxy) is 1. The molecule has 0 aromatic rings. The molecule has 0 amide bonds. The van der Waals surface area contributed by atoms with Crippen LogP contribution in [0.4, 0.5) is 0 Å². The van der Waals surface area contributed by atoms with Crippen molar-refractivity contribution in [3.63, 3.8) is 0 Å². The van der Waals surface area contributed by atoms with Crippen molar-refractivity contribution in [1.29, 1.82) is 0 Å². The monoisotopic (exact) mass is 143 g/mol. The quantitative estimate of drug-likeness (QED) is 0.350. The normalized spacial score (nSPS) is 18.5. The van der Waals surface area contributed by atoms with E-state index in [1.54, 1.807) is 0 Å². The van der Waals surface area contributed by atoms with Crippen LogP contribution in [0, 0.1) is 0 Å². The van der Waals surface area contributed by atoms with E-state index in [9.17, 15) is 0 Å². The van der Waals surface area contributed by atoms with Crippen molar-refractivity contribution in [3.8, 4) is 0 Å². The summed E-state index contributed by atoms with van der Waals surface area (Å²) in [4.78, 5) is 10.5. The van der Waals surface area contributed by atoms with Gasteiger partial charge in [0.15, 0.2) is 0 Å². The van der Waals surface area contributed by atoms with Crippen molar-refractivity contribution in [2.24, 2.45) is 0 Å². The maximum atomic E-state index is 8.24. The number of rotatable bonds is 0. The number of hydrogen-bond donors (Lipinski definition) is 0. The predicted octanol–water partition coefficient (Wildman–Crippen LogP) is -0.160. The molecular weight excluding hydrogens is 132 g/mol. The molecule has 1 saturated heterocycles. The molecule has 0 spiro atoms. The highest BCUT2D eigenvalue weighted by molar-refractivity contribution is 5.36. The van der Waals surface area contributed by atoms with E-state index in [0.29, 0.717) is 6.08 Å². The molecule has 0 saturated carbocycles. The van der Waals surface area contributed by atoms with Crippen LogP contribution in [0.15, 0.2) is 0 Å². The van der Waals surface area contributed by atoms with Crippen LogP contribution in [-0.2, 0) is 9.53 Å². The molecule has 58 valence electrons. The molecule has 1 fully saturated rings. The largest absolute Gasteiger partial charge is 0.724 e. The average Bonchev–Trinajstić information content (AvgIpc) is 1.91. The smallest absolute Gasteiger partial charge is 0.0594 e. The molecule has 0 aromatic carbocycles. The fraction of sp³-hybridized carbons (Fsp3) is 0.833. The maximum absolute atomic E-state index is 8.24. The first-order valence-electron chi connectivity index (χ1n) is 3.08. The minimum absolute atomic E-state index is 0.500. The second kappa shape index (κ2) is 6.42. The van der Waals surface area contributed by atoms with E-state index in [1.165, 1.54) is 0 Å². The molecule has 0 radical (unpaired) electrons. The summed E-state index contributed by atoms with van der Waals surface area (Å²) in [5, 5.41) is 6.76. The molecule has 0 aliphatic carbocycles. The first kappa shape index (κ1) is 9.30. The van der Waals surface area contributed by atoms with Crippen LogP contribution < -0.4 is 0 Å². The lowest BCUT2D eigenvalue weighted by molar-refractivity contribution is 0.0503. The minimum atomic E-state index is 0.500. The van der Waals surface area contributed by atoms with E-state index < -0.39 is 0 Å². The molecule has 1 rings (SSSR count). The Kier molecular flexibility index (Phi) is 5.97. The molecule has 1 aliphatic rings. The summed E-state index contributed by atoms with van der Waals surface area (Å²) in [6.07, 6.45) is 0.500. The van der Waals surface area contributed by atoms with Gasteiger partial charge in [0, 0.05) is 13.1 Å². The van der Waals surface area contributed by atoms with Crippen molar-refractivity contribution >= 4 is 6.08 Å². The summed E-state index contributed by atoms with van der Waals surface area (Å²) >= 11 is 0. The van der Waals surface area contributed by atoms with Gasteiger partial charge in [-0.05, 0) is 13.1 Å². The summed E-state index contributed by atoms with van der Waals surface area (Å²) in [6.45, 7) is 4.02. The number of likely N-dealkylation sites (N-methyl/N-ethyl adjacent to an activating group) is 1. The summed E-state index contributed by atoms with van der Waals surface area (Å²) in [7, 11) is 2.11. The molecule has 0 unspecified atom stereocenters. The van der Waals surface area contributed by atoms with Gasteiger partial charge in [-0.15, -0.1) is 0 Å². The molecule has 0 N–H and O–H groups in total. The van der Waals surface area contributed by atoms with Crippen molar-refractivity contribution in [3.05, 3.63) is 5.41 Å². The molecule has 4 heteroatoms. The first-order chi connectivity index (χ1) is 4.81. The third-order valence-electron chi connectivity index (χ3n) is 1.23. The van der Waals surface area contributed by atoms with Crippen LogP contribution >= 0.6 is 0 Å². The Labute approximate surface area is 60.3 Å². The van der Waals surface area contributed by atoms with Crippen molar-refractivity contribution in [2.75, 3.05) is 33.4 Å². The highest BCUT2D eigenvalue weighted by atomic mass is 16.5. The van der Waals surface area contributed by atoms with Gasteiger partial charge in [0.1, 0.15) is 0 Å². The fourth-order valence-electron chi connectivity index (χ4n) is 0.655. The van der Waals surface area contributed by atoms with Crippen LogP contribution in [0.1, 0.15) is 0 Å². The third-order valence-corrected chi connectivity index (χ3v) is 1.23. The number of morpholine rings is 1. The molecule has 0 bridgehead atoms. The Hall–Kier alpha value is -0.700. The topological polar surface area (TPSA) is 51.8 Å². The van der Waals surface area contributed by atoms with Crippen LogP contribution in [0.5, 0.6) is 0 Å². The third kappa shape index (κ3) is 5.44. The molecule has 1 aliphatic heterocycles. The van der Waals surface area contributed by atoms with Gasteiger partial charge in [-0.2, -0.15) is 0 Å². The summed E-state index contributed by atoms with van der Waals surface area (Å²) in [5.74, 6) is 0.